The maximum Gasteiger partial charge on any atom is 0.236 e. The second-order valence-electron chi connectivity index (χ2n) is 4.91. The average molecular weight is 266 g/mol. The van der Waals surface area contributed by atoms with Gasteiger partial charge in [0.2, 0.25) is 5.91 Å². The lowest BCUT2D eigenvalue weighted by atomic mass is 10.2. The Labute approximate surface area is 113 Å². The van der Waals surface area contributed by atoms with Crippen LogP contribution in [0.25, 0.3) is 0 Å². The molecule has 0 bridgehead atoms. The summed E-state index contributed by atoms with van der Waals surface area (Å²) in [6, 6.07) is 4.25. The molecular formula is C14H22N2OS. The van der Waals surface area contributed by atoms with Gasteiger partial charge in [-0.15, -0.1) is 11.3 Å². The summed E-state index contributed by atoms with van der Waals surface area (Å²) in [5, 5.41) is 3.25. The fraction of sp³-hybridized carbons (Fsp3) is 0.643. The van der Waals surface area contributed by atoms with E-state index in [2.05, 4.69) is 24.4 Å². The van der Waals surface area contributed by atoms with Crippen LogP contribution < -0.4 is 5.32 Å². The van der Waals surface area contributed by atoms with Crippen molar-refractivity contribution in [2.24, 2.45) is 0 Å². The average Bonchev–Trinajstić information content (AvgIpc) is 2.63. The largest absolute Gasteiger partial charge is 0.342 e. The van der Waals surface area contributed by atoms with Gasteiger partial charge in [0.1, 0.15) is 0 Å². The molecule has 0 radical (unpaired) electrons. The maximum absolute atomic E-state index is 12.0. The first-order valence-electron chi connectivity index (χ1n) is 6.79. The van der Waals surface area contributed by atoms with Gasteiger partial charge in [-0.3, -0.25) is 4.79 Å². The molecule has 100 valence electrons. The molecule has 0 atom stereocenters. The smallest absolute Gasteiger partial charge is 0.236 e. The van der Waals surface area contributed by atoms with Crippen LogP contribution in [0.15, 0.2) is 12.1 Å². The first kappa shape index (κ1) is 13.6. The van der Waals surface area contributed by atoms with Crippen LogP contribution in [0.4, 0.5) is 0 Å². The number of hydrogen-bond donors (Lipinski definition) is 1. The van der Waals surface area contributed by atoms with E-state index in [-0.39, 0.29) is 5.91 Å². The Hall–Kier alpha value is -0.870. The van der Waals surface area contributed by atoms with Gasteiger partial charge in [-0.05, 0) is 31.9 Å². The number of nitrogens with one attached hydrogen (secondary N) is 1. The summed E-state index contributed by atoms with van der Waals surface area (Å²) >= 11 is 1.79. The monoisotopic (exact) mass is 266 g/mol. The summed E-state index contributed by atoms with van der Waals surface area (Å²) in [4.78, 5) is 16.7. The summed E-state index contributed by atoms with van der Waals surface area (Å²) in [7, 11) is 0. The predicted molar refractivity (Wildman–Crippen MR) is 75.8 cm³/mol. The third-order valence-corrected chi connectivity index (χ3v) is 4.33. The normalized spacial score (nSPS) is 16.6. The number of carbonyl (C=O) groups is 1. The highest BCUT2D eigenvalue weighted by Gasteiger charge is 2.14. The Morgan fingerprint density at radius 1 is 1.28 bits per heavy atom. The molecule has 1 saturated heterocycles. The van der Waals surface area contributed by atoms with Gasteiger partial charge in [0, 0.05) is 29.4 Å². The van der Waals surface area contributed by atoms with Crippen molar-refractivity contribution in [3.05, 3.63) is 21.9 Å². The van der Waals surface area contributed by atoms with Crippen molar-refractivity contribution in [1.82, 2.24) is 10.2 Å². The Morgan fingerprint density at radius 3 is 2.61 bits per heavy atom. The van der Waals surface area contributed by atoms with Crippen molar-refractivity contribution in [3.63, 3.8) is 0 Å². The summed E-state index contributed by atoms with van der Waals surface area (Å²) < 4.78 is 0. The molecule has 4 heteroatoms. The second kappa shape index (κ2) is 6.90. The molecule has 1 aliphatic heterocycles. The van der Waals surface area contributed by atoms with Crippen LogP contribution in [0.3, 0.4) is 0 Å². The molecule has 0 saturated carbocycles. The molecule has 1 amide bonds. The zero-order valence-electron chi connectivity index (χ0n) is 11.1. The Kier molecular flexibility index (Phi) is 5.20. The van der Waals surface area contributed by atoms with E-state index in [0.29, 0.717) is 6.54 Å². The van der Waals surface area contributed by atoms with Crippen molar-refractivity contribution >= 4 is 17.2 Å². The van der Waals surface area contributed by atoms with Crippen molar-refractivity contribution in [3.8, 4) is 0 Å². The third-order valence-electron chi connectivity index (χ3n) is 3.33. The highest BCUT2D eigenvalue weighted by Crippen LogP contribution is 2.14. The molecule has 1 aromatic heterocycles. The van der Waals surface area contributed by atoms with Crippen LogP contribution in [-0.2, 0) is 11.3 Å². The zero-order valence-corrected chi connectivity index (χ0v) is 11.9. The van der Waals surface area contributed by atoms with E-state index in [1.807, 2.05) is 4.90 Å². The first-order chi connectivity index (χ1) is 8.75. The van der Waals surface area contributed by atoms with Gasteiger partial charge in [-0.2, -0.15) is 0 Å². The Balaban J connectivity index is 1.70. The molecule has 0 aliphatic carbocycles. The molecule has 2 heterocycles. The third kappa shape index (κ3) is 4.10. The summed E-state index contributed by atoms with van der Waals surface area (Å²) in [6.07, 6.45) is 4.86. The zero-order chi connectivity index (χ0) is 12.8. The summed E-state index contributed by atoms with van der Waals surface area (Å²) in [5.74, 6) is 0.255. The number of hydrogen-bond acceptors (Lipinski definition) is 3. The number of nitrogens with zero attached hydrogens (tertiary/aromatic N) is 1. The molecule has 0 unspecified atom stereocenters. The Bertz CT molecular complexity index is 381. The number of rotatable bonds is 4. The standard InChI is InChI=1S/C14H22N2OS/c1-12-6-7-13(18-12)10-15-11-14(17)16-8-4-2-3-5-9-16/h6-7,15H,2-5,8-11H2,1H3. The van der Waals surface area contributed by atoms with Gasteiger partial charge in [0.25, 0.3) is 0 Å². The van der Waals surface area contributed by atoms with Crippen molar-refractivity contribution < 1.29 is 4.79 Å². The number of thiophene rings is 1. The lowest BCUT2D eigenvalue weighted by Crippen LogP contribution is -2.38. The molecule has 1 aromatic rings. The van der Waals surface area contributed by atoms with E-state index < -0.39 is 0 Å². The van der Waals surface area contributed by atoms with E-state index >= 15 is 0 Å². The van der Waals surface area contributed by atoms with Crippen molar-refractivity contribution in [2.45, 2.75) is 39.2 Å². The van der Waals surface area contributed by atoms with E-state index in [1.165, 1.54) is 22.6 Å². The lowest BCUT2D eigenvalue weighted by Gasteiger charge is -2.20. The number of carbonyl (C=O) groups excluding carboxylic acids is 1. The minimum Gasteiger partial charge on any atom is -0.342 e. The van der Waals surface area contributed by atoms with Crippen LogP contribution in [0.5, 0.6) is 0 Å². The van der Waals surface area contributed by atoms with Crippen LogP contribution in [-0.4, -0.2) is 30.4 Å². The van der Waals surface area contributed by atoms with E-state index in [1.54, 1.807) is 11.3 Å². The minimum absolute atomic E-state index is 0.255. The van der Waals surface area contributed by atoms with Gasteiger partial charge in [-0.1, -0.05) is 12.8 Å². The van der Waals surface area contributed by atoms with Crippen LogP contribution in [0, 0.1) is 6.92 Å². The predicted octanol–water partition coefficient (Wildman–Crippen LogP) is 2.55. The maximum atomic E-state index is 12.0. The van der Waals surface area contributed by atoms with Gasteiger partial charge < -0.3 is 10.2 Å². The Morgan fingerprint density at radius 2 is 2.00 bits per heavy atom. The highest BCUT2D eigenvalue weighted by molar-refractivity contribution is 7.11. The molecule has 0 aromatic carbocycles. The number of amides is 1. The molecule has 2 rings (SSSR count). The van der Waals surface area contributed by atoms with Crippen LogP contribution >= 0.6 is 11.3 Å². The fourth-order valence-electron chi connectivity index (χ4n) is 2.30. The molecule has 1 fully saturated rings. The second-order valence-corrected chi connectivity index (χ2v) is 6.28. The fourth-order valence-corrected chi connectivity index (χ4v) is 3.16. The van der Waals surface area contributed by atoms with Gasteiger partial charge in [0.15, 0.2) is 0 Å². The minimum atomic E-state index is 0.255. The van der Waals surface area contributed by atoms with Gasteiger partial charge in [-0.25, -0.2) is 0 Å². The summed E-state index contributed by atoms with van der Waals surface area (Å²) in [6.45, 7) is 5.27. The number of aryl methyl sites for hydroxylation is 1. The molecule has 0 spiro atoms. The van der Waals surface area contributed by atoms with Crippen LogP contribution in [0.2, 0.25) is 0 Å². The van der Waals surface area contributed by atoms with E-state index in [0.717, 1.165) is 32.5 Å². The van der Waals surface area contributed by atoms with Gasteiger partial charge in [0.05, 0.1) is 6.54 Å². The van der Waals surface area contributed by atoms with Gasteiger partial charge >= 0.3 is 0 Å². The first-order valence-corrected chi connectivity index (χ1v) is 7.61. The van der Waals surface area contributed by atoms with Crippen molar-refractivity contribution in [2.75, 3.05) is 19.6 Å². The molecule has 3 nitrogen and oxygen atoms in total. The van der Waals surface area contributed by atoms with Crippen LogP contribution in [0.1, 0.15) is 35.4 Å². The number of likely N-dealkylation sites (tertiary alicyclic amines) is 1. The molecular weight excluding hydrogens is 244 g/mol. The molecule has 1 aliphatic rings. The topological polar surface area (TPSA) is 32.3 Å². The lowest BCUT2D eigenvalue weighted by molar-refractivity contribution is -0.130. The van der Waals surface area contributed by atoms with E-state index in [4.69, 9.17) is 0 Å². The quantitative estimate of drug-likeness (QED) is 0.908. The van der Waals surface area contributed by atoms with Crippen molar-refractivity contribution in [1.29, 1.82) is 0 Å². The highest BCUT2D eigenvalue weighted by atomic mass is 32.1. The SMILES string of the molecule is Cc1ccc(CNCC(=O)N2CCCCCC2)s1. The molecule has 18 heavy (non-hydrogen) atoms. The summed E-state index contributed by atoms with van der Waals surface area (Å²) in [5.41, 5.74) is 0. The van der Waals surface area contributed by atoms with E-state index in [9.17, 15) is 4.79 Å². The molecule has 1 N–H and O–H groups in total.